The van der Waals surface area contributed by atoms with Gasteiger partial charge >= 0.3 is 5.97 Å². The quantitative estimate of drug-likeness (QED) is 0.512. The van der Waals surface area contributed by atoms with Gasteiger partial charge in [-0.2, -0.15) is 5.26 Å². The Balaban J connectivity index is 1.79. The summed E-state index contributed by atoms with van der Waals surface area (Å²) in [6.45, 7) is 2.24. The van der Waals surface area contributed by atoms with E-state index in [-0.39, 0.29) is 23.7 Å². The first-order valence-electron chi connectivity index (χ1n) is 10.4. The van der Waals surface area contributed by atoms with Crippen molar-refractivity contribution in [3.8, 4) is 17.2 Å². The monoisotopic (exact) mass is 383 g/mol. The van der Waals surface area contributed by atoms with E-state index in [0.29, 0.717) is 13.0 Å². The van der Waals surface area contributed by atoms with Gasteiger partial charge in [-0.25, -0.2) is 0 Å². The Bertz CT molecular complexity index is 1060. The van der Waals surface area contributed by atoms with Crippen LogP contribution in [0, 0.1) is 23.2 Å². The van der Waals surface area contributed by atoms with Gasteiger partial charge in [0.2, 0.25) is 0 Å². The molecule has 4 rings (SSSR count). The van der Waals surface area contributed by atoms with Crippen LogP contribution >= 0.6 is 0 Å². The first-order chi connectivity index (χ1) is 14.2. The molecule has 0 aromatic heterocycles. The number of rotatable bonds is 4. The van der Waals surface area contributed by atoms with Crippen molar-refractivity contribution in [1.29, 1.82) is 5.26 Å². The van der Waals surface area contributed by atoms with Crippen molar-refractivity contribution in [3.63, 3.8) is 0 Å². The number of nitriles is 1. The zero-order chi connectivity index (χ0) is 20.2. The van der Waals surface area contributed by atoms with Crippen molar-refractivity contribution in [1.82, 2.24) is 0 Å². The number of ether oxygens (including phenoxy) is 1. The molecule has 1 aliphatic carbocycles. The zero-order valence-corrected chi connectivity index (χ0v) is 16.7. The molecule has 29 heavy (non-hydrogen) atoms. The predicted octanol–water partition coefficient (Wildman–Crippen LogP) is 6.09. The number of hydrogen-bond acceptors (Lipinski definition) is 3. The molecule has 0 aliphatic heterocycles. The molecule has 0 amide bonds. The minimum Gasteiger partial charge on any atom is -0.466 e. The number of esters is 1. The van der Waals surface area contributed by atoms with Crippen molar-refractivity contribution in [2.45, 2.75) is 32.1 Å². The van der Waals surface area contributed by atoms with Crippen molar-refractivity contribution in [2.75, 3.05) is 6.61 Å². The summed E-state index contributed by atoms with van der Waals surface area (Å²) in [6.07, 6.45) is 2.12. The van der Waals surface area contributed by atoms with Crippen LogP contribution in [-0.4, -0.2) is 12.6 Å². The first kappa shape index (κ1) is 19.2. The Kier molecular flexibility index (Phi) is 5.62. The second kappa shape index (κ2) is 8.49. The highest BCUT2D eigenvalue weighted by atomic mass is 16.5. The standard InChI is InChI=1S/C26H25NO2/c1-2-29-26(28)19-14-15-20(17-27)25(16-19)24-12-6-5-11-23(24)22-13-7-9-18-8-3-4-10-21(18)22/h3-13,19-20,25H,2,14-16H2,1H3. The van der Waals surface area contributed by atoms with Gasteiger partial charge in [-0.1, -0.05) is 66.7 Å². The van der Waals surface area contributed by atoms with Crippen LogP contribution in [0.3, 0.4) is 0 Å². The number of benzene rings is 3. The Hall–Kier alpha value is -3.12. The fourth-order valence-electron chi connectivity index (χ4n) is 4.67. The summed E-state index contributed by atoms with van der Waals surface area (Å²) >= 11 is 0. The Morgan fingerprint density at radius 2 is 1.72 bits per heavy atom. The van der Waals surface area contributed by atoms with Crippen LogP contribution in [-0.2, 0) is 9.53 Å². The topological polar surface area (TPSA) is 50.1 Å². The number of carbonyl (C=O) groups excluding carboxylic acids is 1. The van der Waals surface area contributed by atoms with Gasteiger partial charge in [-0.05, 0) is 53.6 Å². The van der Waals surface area contributed by atoms with Gasteiger partial charge in [0.05, 0.1) is 24.5 Å². The molecule has 1 saturated carbocycles. The third-order valence-corrected chi connectivity index (χ3v) is 6.08. The summed E-state index contributed by atoms with van der Waals surface area (Å²) < 4.78 is 5.29. The van der Waals surface area contributed by atoms with Crippen LogP contribution in [0.25, 0.3) is 21.9 Å². The molecule has 1 fully saturated rings. The molecular formula is C26H25NO2. The van der Waals surface area contributed by atoms with Crippen LogP contribution in [0.1, 0.15) is 37.7 Å². The van der Waals surface area contributed by atoms with Gasteiger partial charge in [0.15, 0.2) is 0 Å². The average molecular weight is 383 g/mol. The lowest BCUT2D eigenvalue weighted by molar-refractivity contribution is -0.149. The van der Waals surface area contributed by atoms with Gasteiger partial charge in [0, 0.05) is 5.92 Å². The van der Waals surface area contributed by atoms with E-state index in [1.807, 2.05) is 19.1 Å². The van der Waals surface area contributed by atoms with E-state index in [4.69, 9.17) is 4.74 Å². The molecule has 3 aromatic rings. The lowest BCUT2D eigenvalue weighted by atomic mass is 9.70. The summed E-state index contributed by atoms with van der Waals surface area (Å²) in [6, 6.07) is 25.6. The van der Waals surface area contributed by atoms with Crippen molar-refractivity contribution < 1.29 is 9.53 Å². The molecule has 3 aromatic carbocycles. The molecule has 3 unspecified atom stereocenters. The van der Waals surface area contributed by atoms with Crippen LogP contribution < -0.4 is 0 Å². The van der Waals surface area contributed by atoms with Gasteiger partial charge in [-0.3, -0.25) is 4.79 Å². The summed E-state index contributed by atoms with van der Waals surface area (Å²) in [7, 11) is 0. The normalized spacial score (nSPS) is 21.4. The van der Waals surface area contributed by atoms with Gasteiger partial charge in [-0.15, -0.1) is 0 Å². The third kappa shape index (κ3) is 3.76. The molecule has 3 atom stereocenters. The molecule has 0 bridgehead atoms. The minimum absolute atomic E-state index is 0.0262. The summed E-state index contributed by atoms with van der Waals surface area (Å²) in [5.41, 5.74) is 3.48. The summed E-state index contributed by atoms with van der Waals surface area (Å²) in [5, 5.41) is 12.2. The molecule has 0 N–H and O–H groups in total. The van der Waals surface area contributed by atoms with E-state index in [0.717, 1.165) is 24.0 Å². The SMILES string of the molecule is CCOC(=O)C1CCC(C#N)C(c2ccccc2-c2cccc3ccccc23)C1. The van der Waals surface area contributed by atoms with E-state index in [2.05, 4.69) is 60.7 Å². The van der Waals surface area contributed by atoms with E-state index in [1.54, 1.807) is 0 Å². The third-order valence-electron chi connectivity index (χ3n) is 6.08. The number of fused-ring (bicyclic) bond motifs is 1. The molecular weight excluding hydrogens is 358 g/mol. The smallest absolute Gasteiger partial charge is 0.308 e. The number of carbonyl (C=O) groups is 1. The fraction of sp³-hybridized carbons (Fsp3) is 0.308. The Morgan fingerprint density at radius 3 is 2.55 bits per heavy atom. The molecule has 0 spiro atoms. The van der Waals surface area contributed by atoms with Gasteiger partial charge in [0.25, 0.3) is 0 Å². The maximum absolute atomic E-state index is 12.4. The second-order valence-corrected chi connectivity index (χ2v) is 7.72. The Morgan fingerprint density at radius 1 is 1.00 bits per heavy atom. The largest absolute Gasteiger partial charge is 0.466 e. The first-order valence-corrected chi connectivity index (χ1v) is 10.4. The van der Waals surface area contributed by atoms with Crippen LogP contribution in [0.5, 0.6) is 0 Å². The van der Waals surface area contributed by atoms with E-state index in [9.17, 15) is 10.1 Å². The van der Waals surface area contributed by atoms with E-state index >= 15 is 0 Å². The highest BCUT2D eigenvalue weighted by Gasteiger charge is 2.36. The van der Waals surface area contributed by atoms with Crippen molar-refractivity contribution >= 4 is 16.7 Å². The maximum Gasteiger partial charge on any atom is 0.308 e. The van der Waals surface area contributed by atoms with Crippen molar-refractivity contribution in [3.05, 3.63) is 72.3 Å². The molecule has 0 heterocycles. The van der Waals surface area contributed by atoms with Crippen LogP contribution in [0.4, 0.5) is 0 Å². The minimum atomic E-state index is -0.134. The second-order valence-electron chi connectivity index (χ2n) is 7.72. The summed E-state index contributed by atoms with van der Waals surface area (Å²) in [4.78, 5) is 12.4. The van der Waals surface area contributed by atoms with E-state index in [1.165, 1.54) is 16.3 Å². The number of hydrogen-bond donors (Lipinski definition) is 0. The summed E-state index contributed by atoms with van der Waals surface area (Å²) in [5.74, 6) is -0.322. The molecule has 3 heteroatoms. The highest BCUT2D eigenvalue weighted by Crippen LogP contribution is 2.44. The average Bonchev–Trinajstić information content (AvgIpc) is 2.78. The van der Waals surface area contributed by atoms with Gasteiger partial charge < -0.3 is 4.74 Å². The zero-order valence-electron chi connectivity index (χ0n) is 16.7. The highest BCUT2D eigenvalue weighted by molar-refractivity contribution is 5.97. The lowest BCUT2D eigenvalue weighted by Crippen LogP contribution is -2.29. The van der Waals surface area contributed by atoms with Crippen LogP contribution in [0.2, 0.25) is 0 Å². The molecule has 3 nitrogen and oxygen atoms in total. The predicted molar refractivity (Wildman–Crippen MR) is 115 cm³/mol. The maximum atomic E-state index is 12.4. The molecule has 146 valence electrons. The Labute approximate surface area is 171 Å². The lowest BCUT2D eigenvalue weighted by Gasteiger charge is -2.33. The fourth-order valence-corrected chi connectivity index (χ4v) is 4.67. The van der Waals surface area contributed by atoms with Gasteiger partial charge in [0.1, 0.15) is 0 Å². The van der Waals surface area contributed by atoms with Crippen molar-refractivity contribution in [2.24, 2.45) is 11.8 Å². The molecule has 1 aliphatic rings. The number of nitrogens with zero attached hydrogens (tertiary/aromatic N) is 1. The van der Waals surface area contributed by atoms with Crippen LogP contribution in [0.15, 0.2) is 66.7 Å². The molecule has 0 radical (unpaired) electrons. The molecule has 0 saturated heterocycles. The van der Waals surface area contributed by atoms with E-state index < -0.39 is 0 Å².